The molecule has 0 aliphatic carbocycles. The molecule has 0 aromatic carbocycles. The van der Waals surface area contributed by atoms with Crippen molar-refractivity contribution >= 4 is 17.9 Å². The molecule has 0 heterocycles. The molecule has 0 aromatic rings. The van der Waals surface area contributed by atoms with Crippen LogP contribution in [0, 0.1) is 0 Å². The minimum absolute atomic E-state index is 0.0899. The summed E-state index contributed by atoms with van der Waals surface area (Å²) in [7, 11) is 0. The van der Waals surface area contributed by atoms with Crippen molar-refractivity contribution < 1.29 is 28.6 Å². The van der Waals surface area contributed by atoms with E-state index in [0.29, 0.717) is 19.3 Å². The monoisotopic (exact) mass is 851 g/mol. The van der Waals surface area contributed by atoms with E-state index in [0.717, 1.165) is 89.9 Å². The fraction of sp³-hybridized carbons (Fsp3) is 0.727. The van der Waals surface area contributed by atoms with Crippen LogP contribution in [-0.2, 0) is 28.6 Å². The van der Waals surface area contributed by atoms with Crippen LogP contribution in [0.3, 0.4) is 0 Å². The zero-order valence-electron chi connectivity index (χ0n) is 39.9. The number of carbonyl (C=O) groups is 3. The quantitative estimate of drug-likeness (QED) is 0.0200. The zero-order chi connectivity index (χ0) is 44.4. The van der Waals surface area contributed by atoms with Gasteiger partial charge in [0.1, 0.15) is 13.2 Å². The number of hydrogen-bond acceptors (Lipinski definition) is 6. The van der Waals surface area contributed by atoms with Gasteiger partial charge in [0.2, 0.25) is 0 Å². The fourth-order valence-electron chi connectivity index (χ4n) is 7.02. The van der Waals surface area contributed by atoms with Crippen molar-refractivity contribution in [2.24, 2.45) is 0 Å². The van der Waals surface area contributed by atoms with E-state index in [-0.39, 0.29) is 31.1 Å². The summed E-state index contributed by atoms with van der Waals surface area (Å²) in [5.41, 5.74) is 0. The molecule has 0 radical (unpaired) electrons. The summed E-state index contributed by atoms with van der Waals surface area (Å²) in [6.45, 7) is 6.36. The highest BCUT2D eigenvalue weighted by Crippen LogP contribution is 2.15. The van der Waals surface area contributed by atoms with Crippen molar-refractivity contribution in [2.75, 3.05) is 13.2 Å². The topological polar surface area (TPSA) is 78.9 Å². The van der Waals surface area contributed by atoms with E-state index in [1.165, 1.54) is 109 Å². The lowest BCUT2D eigenvalue weighted by atomic mass is 10.0. The third kappa shape index (κ3) is 47.7. The molecule has 0 amide bonds. The average molecular weight is 851 g/mol. The SMILES string of the molecule is CC/C=C/C=C/C=C/C=C/CCCCCC(=O)OCC(COC(=O)CCCCCCCCCCCCCCCCCC)OC(=O)CCCCCCCCC/C=C/C/C=C/CC. The van der Waals surface area contributed by atoms with Crippen molar-refractivity contribution in [1.29, 1.82) is 0 Å². The van der Waals surface area contributed by atoms with Crippen molar-refractivity contribution in [2.45, 2.75) is 245 Å². The number of carbonyl (C=O) groups excluding carboxylic acids is 3. The maximum atomic E-state index is 12.8. The molecule has 0 saturated carbocycles. The Morgan fingerprint density at radius 3 is 1.20 bits per heavy atom. The van der Waals surface area contributed by atoms with Crippen LogP contribution < -0.4 is 0 Å². The number of hydrogen-bond donors (Lipinski definition) is 0. The Morgan fingerprint density at radius 1 is 0.361 bits per heavy atom. The molecule has 0 aliphatic rings. The van der Waals surface area contributed by atoms with Gasteiger partial charge in [0, 0.05) is 19.3 Å². The number of ether oxygens (including phenoxy) is 3. The third-order valence-electron chi connectivity index (χ3n) is 10.8. The average Bonchev–Trinajstić information content (AvgIpc) is 3.26. The van der Waals surface area contributed by atoms with E-state index in [1.807, 2.05) is 36.5 Å². The van der Waals surface area contributed by atoms with Crippen LogP contribution in [0.15, 0.2) is 72.9 Å². The van der Waals surface area contributed by atoms with Gasteiger partial charge in [0.15, 0.2) is 6.10 Å². The third-order valence-corrected chi connectivity index (χ3v) is 10.8. The van der Waals surface area contributed by atoms with E-state index < -0.39 is 6.10 Å². The fourth-order valence-corrected chi connectivity index (χ4v) is 7.02. The molecule has 6 heteroatoms. The highest BCUT2D eigenvalue weighted by Gasteiger charge is 2.19. The first-order valence-electron chi connectivity index (χ1n) is 25.5. The predicted molar refractivity (Wildman–Crippen MR) is 261 cm³/mol. The van der Waals surface area contributed by atoms with Gasteiger partial charge >= 0.3 is 17.9 Å². The maximum absolute atomic E-state index is 12.8. The number of esters is 3. The van der Waals surface area contributed by atoms with Gasteiger partial charge in [-0.15, -0.1) is 0 Å². The smallest absolute Gasteiger partial charge is 0.306 e. The summed E-state index contributed by atoms with van der Waals surface area (Å²) in [4.78, 5) is 37.9. The van der Waals surface area contributed by atoms with Crippen molar-refractivity contribution in [1.82, 2.24) is 0 Å². The van der Waals surface area contributed by atoms with Gasteiger partial charge in [-0.3, -0.25) is 14.4 Å². The first-order valence-corrected chi connectivity index (χ1v) is 25.5. The number of allylic oxidation sites excluding steroid dienone is 12. The van der Waals surface area contributed by atoms with Gasteiger partial charge in [-0.25, -0.2) is 0 Å². The molecule has 0 rings (SSSR count). The number of rotatable bonds is 45. The predicted octanol–water partition coefficient (Wildman–Crippen LogP) is 16.6. The van der Waals surface area contributed by atoms with Crippen LogP contribution in [0.5, 0.6) is 0 Å². The maximum Gasteiger partial charge on any atom is 0.306 e. The molecule has 0 aromatic heterocycles. The Labute approximate surface area is 376 Å². The van der Waals surface area contributed by atoms with E-state index in [1.54, 1.807) is 0 Å². The van der Waals surface area contributed by atoms with Crippen LogP contribution in [-0.4, -0.2) is 37.2 Å². The molecule has 0 fully saturated rings. The normalized spacial score (nSPS) is 12.6. The summed E-state index contributed by atoms with van der Waals surface area (Å²) in [6.07, 6.45) is 61.7. The molecule has 0 N–H and O–H groups in total. The molecule has 0 spiro atoms. The lowest BCUT2D eigenvalue weighted by Crippen LogP contribution is -2.30. The Hall–Kier alpha value is -3.15. The first kappa shape index (κ1) is 57.9. The summed E-state index contributed by atoms with van der Waals surface area (Å²) in [5.74, 6) is -0.936. The van der Waals surface area contributed by atoms with Gasteiger partial charge in [-0.05, 0) is 64.2 Å². The molecule has 0 aliphatic heterocycles. The highest BCUT2D eigenvalue weighted by molar-refractivity contribution is 5.71. The largest absolute Gasteiger partial charge is 0.462 e. The van der Waals surface area contributed by atoms with Gasteiger partial charge in [0.05, 0.1) is 0 Å². The Balaban J connectivity index is 4.42. The second-order valence-corrected chi connectivity index (χ2v) is 16.8. The van der Waals surface area contributed by atoms with Gasteiger partial charge in [-0.1, -0.05) is 229 Å². The molecule has 1 atom stereocenters. The van der Waals surface area contributed by atoms with E-state index in [4.69, 9.17) is 14.2 Å². The van der Waals surface area contributed by atoms with E-state index in [2.05, 4.69) is 57.2 Å². The molecule has 350 valence electrons. The minimum atomic E-state index is -0.793. The summed E-state index contributed by atoms with van der Waals surface area (Å²) in [5, 5.41) is 0. The highest BCUT2D eigenvalue weighted by atomic mass is 16.6. The number of unbranched alkanes of at least 4 members (excludes halogenated alkanes) is 25. The molecule has 6 nitrogen and oxygen atoms in total. The van der Waals surface area contributed by atoms with E-state index >= 15 is 0 Å². The summed E-state index contributed by atoms with van der Waals surface area (Å²) < 4.78 is 16.8. The molecular weight excluding hydrogens is 757 g/mol. The molecule has 61 heavy (non-hydrogen) atoms. The zero-order valence-corrected chi connectivity index (χ0v) is 39.9. The van der Waals surface area contributed by atoms with Crippen molar-refractivity contribution in [3.63, 3.8) is 0 Å². The van der Waals surface area contributed by atoms with Gasteiger partial charge in [0.25, 0.3) is 0 Å². The second kappa shape index (κ2) is 49.5. The van der Waals surface area contributed by atoms with Crippen LogP contribution in [0.4, 0.5) is 0 Å². The standard InChI is InChI=1S/C55H94O6/c1-4-7-10-13-16-19-22-25-27-28-31-33-36-39-42-45-48-54(57)60-51-52(50-59-53(56)47-44-41-38-35-32-29-24-21-18-15-12-9-6-3)61-55(58)49-46-43-40-37-34-30-26-23-20-17-14-11-8-5-2/h8-9,11-12,15,17-18,20-21,24,29,32,52H,4-7,10,13-14,16,19,22-23,25-28,30-31,33-51H2,1-3H3/b11-8+,12-9+,18-15+,20-17+,24-21+,32-29+. The summed E-state index contributed by atoms with van der Waals surface area (Å²) in [6, 6.07) is 0. The second-order valence-electron chi connectivity index (χ2n) is 16.8. The minimum Gasteiger partial charge on any atom is -0.462 e. The van der Waals surface area contributed by atoms with Crippen LogP contribution in [0.25, 0.3) is 0 Å². The molecular formula is C55H94O6. The molecule has 0 saturated heterocycles. The van der Waals surface area contributed by atoms with Gasteiger partial charge < -0.3 is 14.2 Å². The van der Waals surface area contributed by atoms with Crippen LogP contribution in [0.2, 0.25) is 0 Å². The molecule has 1 unspecified atom stereocenters. The van der Waals surface area contributed by atoms with Crippen molar-refractivity contribution in [3.8, 4) is 0 Å². The van der Waals surface area contributed by atoms with Crippen LogP contribution in [0.1, 0.15) is 239 Å². The Morgan fingerprint density at radius 2 is 0.721 bits per heavy atom. The Bertz CT molecular complexity index is 1160. The van der Waals surface area contributed by atoms with Crippen LogP contribution >= 0.6 is 0 Å². The van der Waals surface area contributed by atoms with Gasteiger partial charge in [-0.2, -0.15) is 0 Å². The lowest BCUT2D eigenvalue weighted by Gasteiger charge is -2.18. The lowest BCUT2D eigenvalue weighted by molar-refractivity contribution is -0.167. The molecule has 0 bridgehead atoms. The summed E-state index contributed by atoms with van der Waals surface area (Å²) >= 11 is 0. The Kier molecular flexibility index (Phi) is 46.9. The van der Waals surface area contributed by atoms with E-state index in [9.17, 15) is 14.4 Å². The first-order chi connectivity index (χ1) is 30.0. The van der Waals surface area contributed by atoms with Crippen molar-refractivity contribution in [3.05, 3.63) is 72.9 Å².